The van der Waals surface area contributed by atoms with E-state index >= 15 is 0 Å². The molecule has 0 atom stereocenters. The summed E-state index contributed by atoms with van der Waals surface area (Å²) in [6.45, 7) is 0. The number of aromatic nitrogens is 3. The first-order chi connectivity index (χ1) is 22.3. The molecule has 0 saturated heterocycles. The fourth-order valence-corrected chi connectivity index (χ4v) is 8.10. The fourth-order valence-electron chi connectivity index (χ4n) is 8.10. The van der Waals surface area contributed by atoms with Gasteiger partial charge in [-0.2, -0.15) is 0 Å². The average Bonchev–Trinajstić information content (AvgIpc) is 3.73. The standard InChI is InChI=1S/C42H31N3/c1-2-12-28(13-3-1)44-39-20-10-6-16-33(39)35-26-36-34-17-7-11-21-40(34)45(42(36)27-41(35)44)30-24-22-29(23-25-30)43-37-18-8-4-14-31(37)32-15-5-9-19-38(32)43/h1-6,8-10,12-16,18-20,22-27H,7,11,17,21H2. The Balaban J connectivity index is 1.22. The molecule has 3 heterocycles. The zero-order chi connectivity index (χ0) is 29.5. The zero-order valence-electron chi connectivity index (χ0n) is 24.9. The first-order valence-corrected chi connectivity index (χ1v) is 16.1. The predicted octanol–water partition coefficient (Wildman–Crippen LogP) is 10.7. The maximum absolute atomic E-state index is 2.56. The van der Waals surface area contributed by atoms with Gasteiger partial charge in [-0.15, -0.1) is 0 Å². The SMILES string of the molecule is c1ccc(-n2c3ccccc3c3cc4c5c(n(-c6ccc(-n7c8ccccc8c8ccccc87)cc6)c4cc32)CCCC5)cc1. The first-order valence-electron chi connectivity index (χ1n) is 16.1. The van der Waals surface area contributed by atoms with Gasteiger partial charge in [0.1, 0.15) is 0 Å². The van der Waals surface area contributed by atoms with Crippen molar-refractivity contribution in [3.05, 3.63) is 151 Å². The summed E-state index contributed by atoms with van der Waals surface area (Å²) in [7, 11) is 0. The van der Waals surface area contributed by atoms with Crippen molar-refractivity contribution in [3.8, 4) is 17.1 Å². The summed E-state index contributed by atoms with van der Waals surface area (Å²) < 4.78 is 7.40. The van der Waals surface area contributed by atoms with E-state index in [-0.39, 0.29) is 0 Å². The normalized spacial score (nSPS) is 13.4. The second kappa shape index (κ2) is 9.48. The van der Waals surface area contributed by atoms with E-state index in [4.69, 9.17) is 0 Å². The summed E-state index contributed by atoms with van der Waals surface area (Å²) >= 11 is 0. The van der Waals surface area contributed by atoms with Crippen LogP contribution in [0.4, 0.5) is 0 Å². The minimum absolute atomic E-state index is 1.11. The molecule has 9 aromatic rings. The van der Waals surface area contributed by atoms with Crippen molar-refractivity contribution in [2.45, 2.75) is 25.7 Å². The zero-order valence-corrected chi connectivity index (χ0v) is 24.9. The monoisotopic (exact) mass is 577 g/mol. The van der Waals surface area contributed by atoms with Crippen LogP contribution in [0, 0.1) is 0 Å². The molecule has 0 bridgehead atoms. The minimum atomic E-state index is 1.11. The van der Waals surface area contributed by atoms with Gasteiger partial charge in [0.25, 0.3) is 0 Å². The van der Waals surface area contributed by atoms with Crippen LogP contribution in [-0.2, 0) is 12.8 Å². The Morgan fingerprint density at radius 3 is 1.44 bits per heavy atom. The molecule has 0 fully saturated rings. The van der Waals surface area contributed by atoms with E-state index in [1.807, 2.05) is 0 Å². The lowest BCUT2D eigenvalue weighted by molar-refractivity contribution is 0.667. The lowest BCUT2D eigenvalue weighted by atomic mass is 9.95. The second-order valence-corrected chi connectivity index (χ2v) is 12.4. The van der Waals surface area contributed by atoms with E-state index in [0.29, 0.717) is 0 Å². The maximum atomic E-state index is 2.56. The van der Waals surface area contributed by atoms with E-state index in [9.17, 15) is 0 Å². The average molecular weight is 578 g/mol. The van der Waals surface area contributed by atoms with Crippen LogP contribution in [0.15, 0.2) is 140 Å². The number of fused-ring (bicyclic) bond motifs is 9. The minimum Gasteiger partial charge on any atom is -0.313 e. The third-order valence-electron chi connectivity index (χ3n) is 10.0. The smallest absolute Gasteiger partial charge is 0.0562 e. The summed E-state index contributed by atoms with van der Waals surface area (Å²) in [5, 5.41) is 6.63. The Labute approximate surface area is 261 Å². The lowest BCUT2D eigenvalue weighted by Gasteiger charge is -2.17. The molecule has 3 heteroatoms. The van der Waals surface area contributed by atoms with E-state index in [1.165, 1.54) is 95.7 Å². The summed E-state index contributed by atoms with van der Waals surface area (Å²) in [5.41, 5.74) is 12.9. The van der Waals surface area contributed by atoms with Gasteiger partial charge in [-0.05, 0) is 98.0 Å². The highest BCUT2D eigenvalue weighted by Crippen LogP contribution is 2.41. The van der Waals surface area contributed by atoms with Crippen molar-refractivity contribution >= 4 is 54.5 Å². The molecule has 0 N–H and O–H groups in total. The highest BCUT2D eigenvalue weighted by Gasteiger charge is 2.24. The molecule has 1 aliphatic carbocycles. The molecule has 0 amide bonds. The van der Waals surface area contributed by atoms with Crippen LogP contribution in [0.1, 0.15) is 24.1 Å². The lowest BCUT2D eigenvalue weighted by Crippen LogP contribution is -2.07. The van der Waals surface area contributed by atoms with Crippen LogP contribution in [-0.4, -0.2) is 13.7 Å². The van der Waals surface area contributed by atoms with Gasteiger partial charge in [0.15, 0.2) is 0 Å². The van der Waals surface area contributed by atoms with Crippen LogP contribution in [0.3, 0.4) is 0 Å². The number of aryl methyl sites for hydroxylation is 1. The molecule has 0 saturated carbocycles. The molecule has 0 unspecified atom stereocenters. The van der Waals surface area contributed by atoms with Gasteiger partial charge in [-0.25, -0.2) is 0 Å². The van der Waals surface area contributed by atoms with Crippen LogP contribution in [0.5, 0.6) is 0 Å². The van der Waals surface area contributed by atoms with E-state index in [1.54, 1.807) is 0 Å². The molecule has 3 nitrogen and oxygen atoms in total. The molecule has 10 rings (SSSR count). The number of hydrogen-bond acceptors (Lipinski definition) is 0. The van der Waals surface area contributed by atoms with Crippen molar-refractivity contribution in [1.82, 2.24) is 13.7 Å². The van der Waals surface area contributed by atoms with Gasteiger partial charge in [0, 0.05) is 49.7 Å². The van der Waals surface area contributed by atoms with Gasteiger partial charge in [0.05, 0.1) is 27.6 Å². The molecule has 0 spiro atoms. The Morgan fingerprint density at radius 1 is 0.333 bits per heavy atom. The topological polar surface area (TPSA) is 14.8 Å². The molecule has 0 aliphatic heterocycles. The van der Waals surface area contributed by atoms with E-state index in [0.717, 1.165) is 12.8 Å². The number of hydrogen-bond donors (Lipinski definition) is 0. The van der Waals surface area contributed by atoms with Gasteiger partial charge in [-0.1, -0.05) is 72.8 Å². The Hall–Kier alpha value is -5.54. The molecule has 1 aliphatic rings. The Morgan fingerprint density at radius 2 is 0.800 bits per heavy atom. The molecular weight excluding hydrogens is 546 g/mol. The van der Waals surface area contributed by atoms with Crippen molar-refractivity contribution < 1.29 is 0 Å². The van der Waals surface area contributed by atoms with E-state index < -0.39 is 0 Å². The highest BCUT2D eigenvalue weighted by atomic mass is 15.0. The number of para-hydroxylation sites is 4. The summed E-state index contributed by atoms with van der Waals surface area (Å²) in [6.07, 6.45) is 4.74. The second-order valence-electron chi connectivity index (χ2n) is 12.4. The fraction of sp³-hybridized carbons (Fsp3) is 0.0952. The van der Waals surface area contributed by atoms with Crippen LogP contribution >= 0.6 is 0 Å². The van der Waals surface area contributed by atoms with Gasteiger partial charge in [0.2, 0.25) is 0 Å². The van der Waals surface area contributed by atoms with Gasteiger partial charge >= 0.3 is 0 Å². The Kier molecular flexibility index (Phi) is 5.23. The van der Waals surface area contributed by atoms with Crippen molar-refractivity contribution in [2.75, 3.05) is 0 Å². The number of benzene rings is 6. The molecule has 6 aromatic carbocycles. The van der Waals surface area contributed by atoms with E-state index in [2.05, 4.69) is 153 Å². The predicted molar refractivity (Wildman–Crippen MR) is 189 cm³/mol. The van der Waals surface area contributed by atoms with Gasteiger partial charge in [-0.3, -0.25) is 0 Å². The summed E-state index contributed by atoms with van der Waals surface area (Å²) in [6, 6.07) is 51.3. The van der Waals surface area contributed by atoms with Crippen LogP contribution in [0.25, 0.3) is 71.6 Å². The Bertz CT molecular complexity index is 2520. The molecular formula is C42H31N3. The van der Waals surface area contributed by atoms with Gasteiger partial charge < -0.3 is 13.7 Å². The van der Waals surface area contributed by atoms with Crippen molar-refractivity contribution in [3.63, 3.8) is 0 Å². The first kappa shape index (κ1) is 24.9. The summed E-state index contributed by atoms with van der Waals surface area (Å²) in [4.78, 5) is 0. The molecule has 0 radical (unpaired) electrons. The molecule has 45 heavy (non-hydrogen) atoms. The third kappa shape index (κ3) is 3.52. The highest BCUT2D eigenvalue weighted by molar-refractivity contribution is 6.14. The quantitative estimate of drug-likeness (QED) is 0.198. The molecule has 214 valence electrons. The third-order valence-corrected chi connectivity index (χ3v) is 10.0. The summed E-state index contributed by atoms with van der Waals surface area (Å²) in [5.74, 6) is 0. The van der Waals surface area contributed by atoms with Crippen LogP contribution in [0.2, 0.25) is 0 Å². The van der Waals surface area contributed by atoms with Crippen LogP contribution < -0.4 is 0 Å². The van der Waals surface area contributed by atoms with Crippen molar-refractivity contribution in [1.29, 1.82) is 0 Å². The van der Waals surface area contributed by atoms with Crippen molar-refractivity contribution in [2.24, 2.45) is 0 Å². The maximum Gasteiger partial charge on any atom is 0.0562 e. The largest absolute Gasteiger partial charge is 0.313 e. The number of nitrogens with zero attached hydrogens (tertiary/aromatic N) is 3. The number of rotatable bonds is 3. The molecule has 3 aromatic heterocycles.